The lowest BCUT2D eigenvalue weighted by molar-refractivity contribution is -0.152. The molecule has 1 aromatic rings. The Morgan fingerprint density at radius 3 is 2.72 bits per heavy atom. The van der Waals surface area contributed by atoms with Crippen molar-refractivity contribution in [3.05, 3.63) is 17.3 Å². The van der Waals surface area contributed by atoms with Crippen LogP contribution >= 0.6 is 11.6 Å². The molecule has 0 aliphatic carbocycles. The molecule has 0 unspecified atom stereocenters. The van der Waals surface area contributed by atoms with E-state index in [9.17, 15) is 10.2 Å². The predicted molar refractivity (Wildman–Crippen MR) is 63.3 cm³/mol. The molecule has 2 rings (SSSR count). The molecule has 7 nitrogen and oxygen atoms in total. The Bertz CT molecular complexity index is 391. The van der Waals surface area contributed by atoms with Gasteiger partial charge in [-0.3, -0.25) is 0 Å². The molecule has 0 amide bonds. The molecule has 0 spiro atoms. The van der Waals surface area contributed by atoms with E-state index in [-0.39, 0.29) is 18.4 Å². The standard InChI is InChI=1S/C10H14ClN3O4/c11-7-1-2-8(14-13-7)12-5-4-18-6(3-15)10(17)9(5)16/h1-2,5-6,9-10,15-17H,3-4H2,(H,12,14)/t5-,6+,9+,10-/m0/s1. The highest BCUT2D eigenvalue weighted by Crippen LogP contribution is 2.18. The number of halogens is 1. The maximum absolute atomic E-state index is 9.88. The van der Waals surface area contributed by atoms with Crippen LogP contribution in [0.1, 0.15) is 0 Å². The number of aromatic nitrogens is 2. The summed E-state index contributed by atoms with van der Waals surface area (Å²) in [4.78, 5) is 0. The van der Waals surface area contributed by atoms with E-state index >= 15 is 0 Å². The number of nitrogens with zero attached hydrogens (tertiary/aromatic N) is 2. The first-order chi connectivity index (χ1) is 8.61. The average molecular weight is 276 g/mol. The molecular formula is C10H14ClN3O4. The second-order valence-corrected chi connectivity index (χ2v) is 4.41. The summed E-state index contributed by atoms with van der Waals surface area (Å²) >= 11 is 5.60. The maximum Gasteiger partial charge on any atom is 0.151 e. The van der Waals surface area contributed by atoms with Gasteiger partial charge in [-0.2, -0.15) is 0 Å². The molecule has 1 aromatic heterocycles. The van der Waals surface area contributed by atoms with Gasteiger partial charge < -0.3 is 25.4 Å². The monoisotopic (exact) mass is 275 g/mol. The highest BCUT2D eigenvalue weighted by atomic mass is 35.5. The molecular weight excluding hydrogens is 262 g/mol. The quantitative estimate of drug-likeness (QED) is 0.562. The average Bonchev–Trinajstić information content (AvgIpc) is 2.38. The second kappa shape index (κ2) is 5.77. The number of nitrogens with one attached hydrogen (secondary N) is 1. The Morgan fingerprint density at radius 2 is 2.11 bits per heavy atom. The molecule has 8 heteroatoms. The van der Waals surface area contributed by atoms with Crippen molar-refractivity contribution in [2.24, 2.45) is 0 Å². The highest BCUT2D eigenvalue weighted by Gasteiger charge is 2.38. The van der Waals surface area contributed by atoms with Gasteiger partial charge in [-0.15, -0.1) is 10.2 Å². The van der Waals surface area contributed by atoms with Crippen LogP contribution in [0.2, 0.25) is 5.15 Å². The van der Waals surface area contributed by atoms with Crippen molar-refractivity contribution in [1.29, 1.82) is 0 Å². The first-order valence-electron chi connectivity index (χ1n) is 5.46. The van der Waals surface area contributed by atoms with Crippen molar-refractivity contribution in [2.45, 2.75) is 24.4 Å². The number of aliphatic hydroxyl groups is 3. The van der Waals surface area contributed by atoms with Crippen molar-refractivity contribution < 1.29 is 20.1 Å². The molecule has 1 aliphatic rings. The third kappa shape index (κ3) is 2.88. The lowest BCUT2D eigenvalue weighted by Crippen LogP contribution is -2.56. The first-order valence-corrected chi connectivity index (χ1v) is 5.84. The van der Waals surface area contributed by atoms with Gasteiger partial charge in [0.15, 0.2) is 5.15 Å². The van der Waals surface area contributed by atoms with Gasteiger partial charge in [-0.1, -0.05) is 11.6 Å². The zero-order valence-corrected chi connectivity index (χ0v) is 10.2. The van der Waals surface area contributed by atoms with Gasteiger partial charge in [0.2, 0.25) is 0 Å². The molecule has 0 radical (unpaired) electrons. The minimum absolute atomic E-state index is 0.147. The molecule has 0 bridgehead atoms. The summed E-state index contributed by atoms with van der Waals surface area (Å²) in [7, 11) is 0. The summed E-state index contributed by atoms with van der Waals surface area (Å²) in [6.45, 7) is -0.195. The normalized spacial score (nSPS) is 32.2. The molecule has 100 valence electrons. The van der Waals surface area contributed by atoms with E-state index in [1.165, 1.54) is 0 Å². The zero-order valence-electron chi connectivity index (χ0n) is 9.40. The Kier molecular flexibility index (Phi) is 4.31. The number of anilines is 1. The largest absolute Gasteiger partial charge is 0.394 e. The molecule has 0 aromatic carbocycles. The molecule has 4 N–H and O–H groups in total. The van der Waals surface area contributed by atoms with E-state index in [4.69, 9.17) is 21.4 Å². The lowest BCUT2D eigenvalue weighted by atomic mass is 9.98. The van der Waals surface area contributed by atoms with Gasteiger partial charge >= 0.3 is 0 Å². The summed E-state index contributed by atoms with van der Waals surface area (Å²) in [5, 5.41) is 39.1. The third-order valence-corrected chi connectivity index (χ3v) is 2.98. The number of hydrogen-bond donors (Lipinski definition) is 4. The highest BCUT2D eigenvalue weighted by molar-refractivity contribution is 6.29. The van der Waals surface area contributed by atoms with Gasteiger partial charge in [-0.05, 0) is 12.1 Å². The van der Waals surface area contributed by atoms with Crippen molar-refractivity contribution >= 4 is 17.4 Å². The molecule has 1 saturated heterocycles. The van der Waals surface area contributed by atoms with Crippen molar-refractivity contribution in [1.82, 2.24) is 10.2 Å². The van der Waals surface area contributed by atoms with Crippen LogP contribution in [0.15, 0.2) is 12.1 Å². The predicted octanol–water partition coefficient (Wildman–Crippen LogP) is -0.977. The molecule has 18 heavy (non-hydrogen) atoms. The third-order valence-electron chi connectivity index (χ3n) is 2.78. The second-order valence-electron chi connectivity index (χ2n) is 4.03. The van der Waals surface area contributed by atoms with Crippen LogP contribution in [0.4, 0.5) is 5.82 Å². The zero-order chi connectivity index (χ0) is 13.1. The van der Waals surface area contributed by atoms with Crippen LogP contribution in [-0.4, -0.2) is 63.1 Å². The number of hydrogen-bond acceptors (Lipinski definition) is 7. The van der Waals surface area contributed by atoms with Crippen molar-refractivity contribution in [2.75, 3.05) is 18.5 Å². The summed E-state index contributed by atoms with van der Waals surface area (Å²) in [5.74, 6) is 0.418. The lowest BCUT2D eigenvalue weighted by Gasteiger charge is -2.37. The number of aliphatic hydroxyl groups excluding tert-OH is 3. The summed E-state index contributed by atoms with van der Waals surface area (Å²) in [6.07, 6.45) is -2.98. The van der Waals surface area contributed by atoms with Gasteiger partial charge in [0.1, 0.15) is 24.1 Å². The van der Waals surface area contributed by atoms with Gasteiger partial charge in [0, 0.05) is 0 Å². The topological polar surface area (TPSA) is 108 Å². The fourth-order valence-corrected chi connectivity index (χ4v) is 1.85. The minimum atomic E-state index is -1.15. The number of ether oxygens (including phenoxy) is 1. The van der Waals surface area contributed by atoms with Crippen LogP contribution in [0.25, 0.3) is 0 Å². The summed E-state index contributed by atoms with van der Waals surface area (Å²) in [6, 6.07) is 2.63. The van der Waals surface area contributed by atoms with Crippen LogP contribution < -0.4 is 5.32 Å². The van der Waals surface area contributed by atoms with Gasteiger partial charge in [0.25, 0.3) is 0 Å². The van der Waals surface area contributed by atoms with Crippen LogP contribution in [0.5, 0.6) is 0 Å². The Morgan fingerprint density at radius 1 is 1.33 bits per heavy atom. The fourth-order valence-electron chi connectivity index (χ4n) is 1.75. The number of rotatable bonds is 3. The molecule has 1 aliphatic heterocycles. The Labute approximate surface area is 108 Å². The van der Waals surface area contributed by atoms with E-state index in [1.54, 1.807) is 12.1 Å². The van der Waals surface area contributed by atoms with Crippen molar-refractivity contribution in [3.8, 4) is 0 Å². The van der Waals surface area contributed by atoms with E-state index in [0.717, 1.165) is 0 Å². The summed E-state index contributed by atoms with van der Waals surface area (Å²) in [5.41, 5.74) is 0. The van der Waals surface area contributed by atoms with Crippen molar-refractivity contribution in [3.63, 3.8) is 0 Å². The summed E-state index contributed by atoms with van der Waals surface area (Å²) < 4.78 is 5.22. The Hall–Kier alpha value is -0.990. The first kappa shape index (κ1) is 13.4. The molecule has 1 fully saturated rings. The molecule has 0 saturated carbocycles. The van der Waals surface area contributed by atoms with E-state index in [1.807, 2.05) is 0 Å². The van der Waals surface area contributed by atoms with Crippen LogP contribution in [0.3, 0.4) is 0 Å². The van der Waals surface area contributed by atoms with E-state index in [0.29, 0.717) is 5.82 Å². The van der Waals surface area contributed by atoms with Crippen LogP contribution in [0, 0.1) is 0 Å². The maximum atomic E-state index is 9.88. The molecule has 4 atom stereocenters. The van der Waals surface area contributed by atoms with E-state index < -0.39 is 24.4 Å². The van der Waals surface area contributed by atoms with Gasteiger partial charge in [0.05, 0.1) is 19.3 Å². The Balaban J connectivity index is 2.00. The van der Waals surface area contributed by atoms with Crippen LogP contribution in [-0.2, 0) is 4.74 Å². The minimum Gasteiger partial charge on any atom is -0.394 e. The van der Waals surface area contributed by atoms with Gasteiger partial charge in [-0.25, -0.2) is 0 Å². The molecule has 2 heterocycles. The fraction of sp³-hybridized carbons (Fsp3) is 0.600. The SMILES string of the molecule is OC[C@H]1OC[C@H](Nc2ccc(Cl)nn2)[C@@H](O)[C@H]1O. The van der Waals surface area contributed by atoms with E-state index in [2.05, 4.69) is 15.5 Å². The smallest absolute Gasteiger partial charge is 0.151 e.